The maximum absolute atomic E-state index is 12.0. The van der Waals surface area contributed by atoms with Crippen LogP contribution in [0, 0.1) is 6.92 Å². The molecule has 18 heavy (non-hydrogen) atoms. The average Bonchev–Trinajstić information content (AvgIpc) is 2.80. The molecule has 0 saturated heterocycles. The van der Waals surface area contributed by atoms with Gasteiger partial charge in [-0.15, -0.1) is 0 Å². The first-order valence-electron chi connectivity index (χ1n) is 5.15. The summed E-state index contributed by atoms with van der Waals surface area (Å²) in [4.78, 5) is 12.2. The number of carbonyl (C=O) groups excluding carboxylic acids is 1. The average molecular weight is 265 g/mol. The Labute approximate surface area is 104 Å². The highest BCUT2D eigenvalue weighted by molar-refractivity contribution is 7.90. The van der Waals surface area contributed by atoms with E-state index in [1.165, 1.54) is 30.5 Å². The van der Waals surface area contributed by atoms with Gasteiger partial charge in [0.1, 0.15) is 6.26 Å². The fourth-order valence-corrected chi connectivity index (χ4v) is 2.30. The fourth-order valence-electron chi connectivity index (χ4n) is 1.59. The van der Waals surface area contributed by atoms with Crippen LogP contribution < -0.4 is 0 Å². The third kappa shape index (κ3) is 2.33. The molecule has 0 amide bonds. The van der Waals surface area contributed by atoms with Gasteiger partial charge in [0.15, 0.2) is 15.5 Å². The van der Waals surface area contributed by atoms with Crippen molar-refractivity contribution in [1.82, 2.24) is 5.16 Å². The number of carbonyl (C=O) groups is 1. The van der Waals surface area contributed by atoms with Gasteiger partial charge in [-0.1, -0.05) is 5.16 Å². The lowest BCUT2D eigenvalue weighted by Gasteiger charge is -2.05. The maximum Gasteiger partial charge on any atom is 0.215 e. The normalized spacial score (nSPS) is 11.4. The molecule has 0 aliphatic rings. The monoisotopic (exact) mass is 265 g/mol. The number of sulfone groups is 1. The van der Waals surface area contributed by atoms with E-state index in [0.717, 1.165) is 6.26 Å². The van der Waals surface area contributed by atoms with Gasteiger partial charge in [-0.25, -0.2) is 8.42 Å². The summed E-state index contributed by atoms with van der Waals surface area (Å²) in [6, 6.07) is 5.84. The van der Waals surface area contributed by atoms with Crippen LogP contribution in [-0.4, -0.2) is 25.6 Å². The van der Waals surface area contributed by atoms with Crippen LogP contribution in [0.25, 0.3) is 0 Å². The van der Waals surface area contributed by atoms with Crippen molar-refractivity contribution in [3.05, 3.63) is 47.3 Å². The number of aromatic nitrogens is 1. The summed E-state index contributed by atoms with van der Waals surface area (Å²) in [6.07, 6.45) is 2.44. The first kappa shape index (κ1) is 12.5. The van der Waals surface area contributed by atoms with E-state index in [-0.39, 0.29) is 16.4 Å². The summed E-state index contributed by atoms with van der Waals surface area (Å²) in [5.41, 5.74) is 1.20. The van der Waals surface area contributed by atoms with Gasteiger partial charge in [0, 0.05) is 17.9 Å². The molecule has 94 valence electrons. The molecular formula is C12H11NO4S. The molecule has 1 aromatic carbocycles. The zero-order valence-corrected chi connectivity index (χ0v) is 10.7. The lowest BCUT2D eigenvalue weighted by molar-refractivity contribution is 0.103. The Bertz CT molecular complexity index is 687. The molecule has 0 N–H and O–H groups in total. The van der Waals surface area contributed by atoms with E-state index in [0.29, 0.717) is 11.1 Å². The van der Waals surface area contributed by atoms with Crippen LogP contribution in [0.3, 0.4) is 0 Å². The zero-order chi connectivity index (χ0) is 13.3. The third-order valence-electron chi connectivity index (χ3n) is 2.54. The molecule has 0 aliphatic heterocycles. The SMILES string of the molecule is Cc1cc(S(C)(=O)=O)ccc1C(=O)c1ccon1. The zero-order valence-electron chi connectivity index (χ0n) is 9.88. The molecule has 0 aliphatic carbocycles. The number of nitrogens with zero attached hydrogens (tertiary/aromatic N) is 1. The Balaban J connectivity index is 2.46. The summed E-state index contributed by atoms with van der Waals surface area (Å²) >= 11 is 0. The number of rotatable bonds is 3. The largest absolute Gasteiger partial charge is 0.364 e. The van der Waals surface area contributed by atoms with Crippen LogP contribution in [-0.2, 0) is 9.84 Å². The summed E-state index contributed by atoms with van der Waals surface area (Å²) < 4.78 is 27.4. The van der Waals surface area contributed by atoms with Crippen molar-refractivity contribution in [1.29, 1.82) is 0 Å². The van der Waals surface area contributed by atoms with Gasteiger partial charge < -0.3 is 4.52 Å². The second kappa shape index (κ2) is 4.38. The van der Waals surface area contributed by atoms with Crippen LogP contribution in [0.15, 0.2) is 39.9 Å². The Morgan fingerprint density at radius 2 is 2.00 bits per heavy atom. The molecular weight excluding hydrogens is 254 g/mol. The summed E-state index contributed by atoms with van der Waals surface area (Å²) in [7, 11) is -3.27. The molecule has 0 spiro atoms. The van der Waals surface area contributed by atoms with Crippen LogP contribution in [0.4, 0.5) is 0 Å². The Morgan fingerprint density at radius 1 is 1.28 bits per heavy atom. The molecule has 6 heteroatoms. The summed E-state index contributed by atoms with van der Waals surface area (Å²) in [5, 5.41) is 3.56. The second-order valence-corrected chi connectivity index (χ2v) is 5.98. The smallest absolute Gasteiger partial charge is 0.215 e. The molecule has 0 bridgehead atoms. The molecule has 0 unspecified atom stereocenters. The van der Waals surface area contributed by atoms with Gasteiger partial charge >= 0.3 is 0 Å². The third-order valence-corrected chi connectivity index (χ3v) is 3.65. The number of aryl methyl sites for hydroxylation is 1. The minimum atomic E-state index is -3.27. The van der Waals surface area contributed by atoms with Crippen molar-refractivity contribution < 1.29 is 17.7 Å². The summed E-state index contributed by atoms with van der Waals surface area (Å²) in [6.45, 7) is 1.68. The fraction of sp³-hybridized carbons (Fsp3) is 0.167. The van der Waals surface area contributed by atoms with Gasteiger partial charge in [0.25, 0.3) is 0 Å². The highest BCUT2D eigenvalue weighted by Gasteiger charge is 2.16. The van der Waals surface area contributed by atoms with Crippen molar-refractivity contribution in [3.8, 4) is 0 Å². The van der Waals surface area contributed by atoms with Crippen molar-refractivity contribution in [3.63, 3.8) is 0 Å². The van der Waals surface area contributed by atoms with E-state index in [9.17, 15) is 13.2 Å². The van der Waals surface area contributed by atoms with Crippen LogP contribution in [0.2, 0.25) is 0 Å². The lowest BCUT2D eigenvalue weighted by Crippen LogP contribution is -2.06. The van der Waals surface area contributed by atoms with E-state index in [2.05, 4.69) is 9.68 Å². The van der Waals surface area contributed by atoms with Gasteiger partial charge in [0.2, 0.25) is 5.78 Å². The van der Waals surface area contributed by atoms with E-state index in [1.54, 1.807) is 6.92 Å². The summed E-state index contributed by atoms with van der Waals surface area (Å²) in [5.74, 6) is -0.290. The molecule has 0 atom stereocenters. The maximum atomic E-state index is 12.0. The van der Waals surface area contributed by atoms with Gasteiger partial charge in [-0.2, -0.15) is 0 Å². The highest BCUT2D eigenvalue weighted by Crippen LogP contribution is 2.18. The molecule has 5 nitrogen and oxygen atoms in total. The van der Waals surface area contributed by atoms with Crippen molar-refractivity contribution in [2.75, 3.05) is 6.26 Å². The van der Waals surface area contributed by atoms with Gasteiger partial charge in [0.05, 0.1) is 4.90 Å². The van der Waals surface area contributed by atoms with Crippen molar-refractivity contribution in [2.45, 2.75) is 11.8 Å². The van der Waals surface area contributed by atoms with E-state index in [1.807, 2.05) is 0 Å². The standard InChI is InChI=1S/C12H11NO4S/c1-8-7-9(18(2,15)16)3-4-10(8)12(14)11-5-6-17-13-11/h3-7H,1-2H3. The van der Waals surface area contributed by atoms with Crippen molar-refractivity contribution in [2.24, 2.45) is 0 Å². The Kier molecular flexibility index (Phi) is 3.04. The predicted octanol–water partition coefficient (Wildman–Crippen LogP) is 1.62. The highest BCUT2D eigenvalue weighted by atomic mass is 32.2. The van der Waals surface area contributed by atoms with E-state index < -0.39 is 9.84 Å². The molecule has 0 radical (unpaired) electrons. The number of ketones is 1. The van der Waals surface area contributed by atoms with E-state index >= 15 is 0 Å². The number of benzene rings is 1. The first-order chi connectivity index (χ1) is 8.39. The number of hydrogen-bond acceptors (Lipinski definition) is 5. The molecule has 2 rings (SSSR count). The topological polar surface area (TPSA) is 77.2 Å². The Morgan fingerprint density at radius 3 is 2.50 bits per heavy atom. The number of hydrogen-bond donors (Lipinski definition) is 0. The van der Waals surface area contributed by atoms with Crippen molar-refractivity contribution >= 4 is 15.6 Å². The molecule has 0 saturated carbocycles. The van der Waals surface area contributed by atoms with Crippen LogP contribution in [0.1, 0.15) is 21.6 Å². The van der Waals surface area contributed by atoms with E-state index in [4.69, 9.17) is 0 Å². The van der Waals surface area contributed by atoms with Gasteiger partial charge in [-0.05, 0) is 30.7 Å². The molecule has 0 fully saturated rings. The lowest BCUT2D eigenvalue weighted by atomic mass is 10.0. The van der Waals surface area contributed by atoms with Gasteiger partial charge in [-0.3, -0.25) is 4.79 Å². The minimum Gasteiger partial charge on any atom is -0.364 e. The minimum absolute atomic E-state index is 0.191. The Hall–Kier alpha value is -1.95. The predicted molar refractivity (Wildman–Crippen MR) is 64.2 cm³/mol. The van der Waals surface area contributed by atoms with Crippen LogP contribution >= 0.6 is 0 Å². The van der Waals surface area contributed by atoms with Crippen LogP contribution in [0.5, 0.6) is 0 Å². The quantitative estimate of drug-likeness (QED) is 0.788. The molecule has 2 aromatic rings. The first-order valence-corrected chi connectivity index (χ1v) is 7.04. The molecule has 1 aromatic heterocycles. The molecule has 1 heterocycles. The second-order valence-electron chi connectivity index (χ2n) is 3.96.